The summed E-state index contributed by atoms with van der Waals surface area (Å²) in [5.74, 6) is -0.198. The Kier molecular flexibility index (Phi) is 17.7. The first-order valence-electron chi connectivity index (χ1n) is 10.9. The SMILES string of the molecule is COC(=O)CCCCCC/C(C)=C\CC/C=C(\C)CCCCCCC(=O)OC. The van der Waals surface area contributed by atoms with Crippen LogP contribution in [-0.2, 0) is 19.1 Å². The third-order valence-corrected chi connectivity index (χ3v) is 5.01. The average Bonchev–Trinajstić information content (AvgIpc) is 2.69. The maximum absolute atomic E-state index is 11.0. The predicted molar refractivity (Wildman–Crippen MR) is 116 cm³/mol. The van der Waals surface area contributed by atoms with Crippen LogP contribution in [0.3, 0.4) is 0 Å². The fraction of sp³-hybridized carbons (Fsp3) is 0.750. The molecule has 28 heavy (non-hydrogen) atoms. The van der Waals surface area contributed by atoms with Gasteiger partial charge in [0.15, 0.2) is 0 Å². The number of hydrogen-bond donors (Lipinski definition) is 0. The molecule has 0 saturated carbocycles. The molecule has 0 aliphatic rings. The molecule has 0 atom stereocenters. The number of rotatable bonds is 17. The standard InChI is InChI=1S/C24H42O4/c1-21(15-9-5-7-11-19-23(25)27-3)17-13-14-18-22(2)16-10-6-8-12-20-24(26)28-4/h17-18H,5-16,19-20H2,1-4H3/b21-17-,22-18+. The van der Waals surface area contributed by atoms with Crippen LogP contribution >= 0.6 is 0 Å². The lowest BCUT2D eigenvalue weighted by Crippen LogP contribution is -1.99. The number of hydrogen-bond acceptors (Lipinski definition) is 4. The highest BCUT2D eigenvalue weighted by Crippen LogP contribution is 2.14. The van der Waals surface area contributed by atoms with E-state index in [1.807, 2.05) is 0 Å². The largest absolute Gasteiger partial charge is 0.469 e. The molecule has 0 aromatic heterocycles. The number of methoxy groups -OCH3 is 2. The van der Waals surface area contributed by atoms with E-state index >= 15 is 0 Å². The molecule has 0 aliphatic carbocycles. The van der Waals surface area contributed by atoms with E-state index < -0.39 is 0 Å². The first-order chi connectivity index (χ1) is 13.5. The Hall–Kier alpha value is -1.58. The summed E-state index contributed by atoms with van der Waals surface area (Å²) >= 11 is 0. The smallest absolute Gasteiger partial charge is 0.305 e. The Labute approximate surface area is 172 Å². The van der Waals surface area contributed by atoms with Crippen LogP contribution in [0.5, 0.6) is 0 Å². The summed E-state index contributed by atoms with van der Waals surface area (Å²) in [6.45, 7) is 4.44. The van der Waals surface area contributed by atoms with Gasteiger partial charge in [-0.25, -0.2) is 0 Å². The second-order valence-corrected chi connectivity index (χ2v) is 7.66. The van der Waals surface area contributed by atoms with Crippen molar-refractivity contribution in [3.05, 3.63) is 23.3 Å². The lowest BCUT2D eigenvalue weighted by atomic mass is 10.0. The van der Waals surface area contributed by atoms with Crippen LogP contribution in [0.25, 0.3) is 0 Å². The fourth-order valence-electron chi connectivity index (χ4n) is 3.12. The van der Waals surface area contributed by atoms with Crippen molar-refractivity contribution in [1.82, 2.24) is 0 Å². The molecule has 0 fully saturated rings. The van der Waals surface area contributed by atoms with Gasteiger partial charge in [-0.05, 0) is 65.2 Å². The van der Waals surface area contributed by atoms with E-state index in [0.717, 1.165) is 51.4 Å². The maximum Gasteiger partial charge on any atom is 0.305 e. The summed E-state index contributed by atoms with van der Waals surface area (Å²) in [5.41, 5.74) is 2.95. The van der Waals surface area contributed by atoms with E-state index in [-0.39, 0.29) is 11.9 Å². The summed E-state index contributed by atoms with van der Waals surface area (Å²) in [6.07, 6.45) is 19.2. The zero-order valence-electron chi connectivity index (χ0n) is 18.7. The summed E-state index contributed by atoms with van der Waals surface area (Å²) < 4.78 is 9.29. The lowest BCUT2D eigenvalue weighted by molar-refractivity contribution is -0.141. The molecule has 0 radical (unpaired) electrons. The number of carbonyl (C=O) groups is 2. The summed E-state index contributed by atoms with van der Waals surface area (Å²) in [6, 6.07) is 0. The van der Waals surface area contributed by atoms with Crippen molar-refractivity contribution in [2.75, 3.05) is 14.2 Å². The van der Waals surface area contributed by atoms with E-state index in [1.165, 1.54) is 51.0 Å². The van der Waals surface area contributed by atoms with Gasteiger partial charge in [0.25, 0.3) is 0 Å². The highest BCUT2D eigenvalue weighted by Gasteiger charge is 2.00. The summed E-state index contributed by atoms with van der Waals surface area (Å²) in [7, 11) is 2.90. The summed E-state index contributed by atoms with van der Waals surface area (Å²) in [5, 5.41) is 0. The van der Waals surface area contributed by atoms with E-state index in [4.69, 9.17) is 0 Å². The third kappa shape index (κ3) is 17.8. The van der Waals surface area contributed by atoms with Gasteiger partial charge in [0, 0.05) is 12.8 Å². The number of carbonyl (C=O) groups excluding carboxylic acids is 2. The molecule has 0 unspecified atom stereocenters. The number of allylic oxidation sites excluding steroid dienone is 4. The number of ether oxygens (including phenoxy) is 2. The van der Waals surface area contributed by atoms with Gasteiger partial charge in [-0.1, -0.05) is 49.0 Å². The predicted octanol–water partition coefficient (Wildman–Crippen LogP) is 6.69. The minimum absolute atomic E-state index is 0.0991. The fourth-order valence-corrected chi connectivity index (χ4v) is 3.12. The van der Waals surface area contributed by atoms with Crippen LogP contribution in [0.15, 0.2) is 23.3 Å². The van der Waals surface area contributed by atoms with Gasteiger partial charge in [0.05, 0.1) is 14.2 Å². The summed E-state index contributed by atoms with van der Waals surface area (Å²) in [4.78, 5) is 22.1. The molecular formula is C24H42O4. The van der Waals surface area contributed by atoms with Gasteiger partial charge in [-0.15, -0.1) is 0 Å². The second kappa shape index (κ2) is 18.8. The molecule has 0 amide bonds. The van der Waals surface area contributed by atoms with Gasteiger partial charge in [0.1, 0.15) is 0 Å². The van der Waals surface area contributed by atoms with Gasteiger partial charge in [0.2, 0.25) is 0 Å². The molecule has 0 aliphatic heterocycles. The zero-order chi connectivity index (χ0) is 21.0. The highest BCUT2D eigenvalue weighted by molar-refractivity contribution is 5.69. The van der Waals surface area contributed by atoms with Gasteiger partial charge in [-0.2, -0.15) is 0 Å². The van der Waals surface area contributed by atoms with Crippen molar-refractivity contribution in [3.8, 4) is 0 Å². The van der Waals surface area contributed by atoms with Crippen molar-refractivity contribution in [1.29, 1.82) is 0 Å². The quantitative estimate of drug-likeness (QED) is 0.157. The molecular weight excluding hydrogens is 352 g/mol. The Morgan fingerprint density at radius 2 is 0.893 bits per heavy atom. The van der Waals surface area contributed by atoms with Gasteiger partial charge < -0.3 is 9.47 Å². The topological polar surface area (TPSA) is 52.6 Å². The molecule has 0 saturated heterocycles. The minimum Gasteiger partial charge on any atom is -0.469 e. The van der Waals surface area contributed by atoms with E-state index in [9.17, 15) is 9.59 Å². The number of esters is 2. The minimum atomic E-state index is -0.0991. The molecule has 4 heteroatoms. The molecule has 0 aromatic rings. The van der Waals surface area contributed by atoms with E-state index in [1.54, 1.807) is 0 Å². The van der Waals surface area contributed by atoms with Crippen molar-refractivity contribution >= 4 is 11.9 Å². The molecule has 0 aromatic carbocycles. The Bertz CT molecular complexity index is 433. The molecule has 0 bridgehead atoms. The van der Waals surface area contributed by atoms with Gasteiger partial charge >= 0.3 is 11.9 Å². The Balaban J connectivity index is 3.62. The Morgan fingerprint density at radius 1 is 0.571 bits per heavy atom. The Morgan fingerprint density at radius 3 is 1.21 bits per heavy atom. The van der Waals surface area contributed by atoms with Crippen molar-refractivity contribution < 1.29 is 19.1 Å². The van der Waals surface area contributed by atoms with Crippen LogP contribution in [0.4, 0.5) is 0 Å². The maximum atomic E-state index is 11.0. The monoisotopic (exact) mass is 394 g/mol. The van der Waals surface area contributed by atoms with Crippen LogP contribution in [-0.4, -0.2) is 26.2 Å². The average molecular weight is 395 g/mol. The molecule has 4 nitrogen and oxygen atoms in total. The zero-order valence-corrected chi connectivity index (χ0v) is 18.7. The van der Waals surface area contributed by atoms with Crippen LogP contribution in [0.1, 0.15) is 104 Å². The lowest BCUT2D eigenvalue weighted by Gasteiger charge is -2.03. The van der Waals surface area contributed by atoms with Gasteiger partial charge in [-0.3, -0.25) is 9.59 Å². The highest BCUT2D eigenvalue weighted by atomic mass is 16.5. The second-order valence-electron chi connectivity index (χ2n) is 7.66. The van der Waals surface area contributed by atoms with Crippen molar-refractivity contribution in [3.63, 3.8) is 0 Å². The van der Waals surface area contributed by atoms with E-state index in [2.05, 4.69) is 35.5 Å². The number of unbranched alkanes of at least 4 members (excludes halogenated alkanes) is 7. The molecule has 162 valence electrons. The first kappa shape index (κ1) is 26.4. The van der Waals surface area contributed by atoms with Crippen LogP contribution < -0.4 is 0 Å². The third-order valence-electron chi connectivity index (χ3n) is 5.01. The van der Waals surface area contributed by atoms with Crippen LogP contribution in [0, 0.1) is 0 Å². The van der Waals surface area contributed by atoms with Crippen molar-refractivity contribution in [2.45, 2.75) is 104 Å². The molecule has 0 spiro atoms. The molecule has 0 N–H and O–H groups in total. The van der Waals surface area contributed by atoms with E-state index in [0.29, 0.717) is 12.8 Å². The first-order valence-corrected chi connectivity index (χ1v) is 10.9. The van der Waals surface area contributed by atoms with Crippen LogP contribution in [0.2, 0.25) is 0 Å². The van der Waals surface area contributed by atoms with Crippen molar-refractivity contribution in [2.24, 2.45) is 0 Å². The molecule has 0 heterocycles. The normalized spacial score (nSPS) is 12.1. The molecule has 0 rings (SSSR count).